The fraction of sp³-hybridized carbons (Fsp3) is 0.278. The lowest BCUT2D eigenvalue weighted by atomic mass is 10.1. The van der Waals surface area contributed by atoms with Gasteiger partial charge >= 0.3 is 12.1 Å². The zero-order valence-corrected chi connectivity index (χ0v) is 27.9. The first kappa shape index (κ1) is 35.3. The molecule has 2 amide bonds. The van der Waals surface area contributed by atoms with Crippen LogP contribution in [0.25, 0.3) is 11.3 Å². The van der Waals surface area contributed by atoms with Gasteiger partial charge in [-0.3, -0.25) is 24.9 Å². The van der Waals surface area contributed by atoms with Gasteiger partial charge in [-0.25, -0.2) is 14.6 Å². The van der Waals surface area contributed by atoms with Crippen LogP contribution in [0, 0.1) is 5.41 Å². The van der Waals surface area contributed by atoms with Crippen LogP contribution in [-0.4, -0.2) is 71.5 Å². The van der Waals surface area contributed by atoms with Crippen molar-refractivity contribution in [2.45, 2.75) is 38.6 Å². The van der Waals surface area contributed by atoms with Gasteiger partial charge in [0.1, 0.15) is 25.6 Å². The number of nitrogens with two attached hydrogens (primary N) is 1. The summed E-state index contributed by atoms with van der Waals surface area (Å²) in [5.74, 6) is -1.01. The molecule has 5 rings (SSSR count). The predicted molar refractivity (Wildman–Crippen MR) is 189 cm³/mol. The van der Waals surface area contributed by atoms with Gasteiger partial charge < -0.3 is 30.7 Å². The number of carbonyl (C=O) groups excluding carboxylic acids is 3. The SMILES string of the molecule is CN(C)CCOC(=O)c1cc(N)cc(-c2cnc(NC3CC3)c(=O)n2CC(=O)NCc2ccc(C(=N)NC(=O)OCc3ccccc3)cc2)c1. The predicted octanol–water partition coefficient (Wildman–Crippen LogP) is 3.35. The molecule has 1 heterocycles. The van der Waals surface area contributed by atoms with E-state index in [2.05, 4.69) is 20.9 Å². The van der Waals surface area contributed by atoms with Crippen LogP contribution in [0.15, 0.2) is 83.8 Å². The molecular weight excluding hydrogens is 640 g/mol. The van der Waals surface area contributed by atoms with Crippen LogP contribution < -0.4 is 27.2 Å². The van der Waals surface area contributed by atoms with Crippen LogP contribution in [-0.2, 0) is 34.0 Å². The number of anilines is 2. The summed E-state index contributed by atoms with van der Waals surface area (Å²) in [6.07, 6.45) is 2.58. The quantitative estimate of drug-likeness (QED) is 0.0571. The molecular formula is C36H40N8O6. The highest BCUT2D eigenvalue weighted by Crippen LogP contribution is 2.26. The highest BCUT2D eigenvalue weighted by atomic mass is 16.5. The number of likely N-dealkylation sites (N-methyl/N-ethyl adjacent to an activating group) is 1. The molecule has 0 spiro atoms. The molecule has 3 aromatic carbocycles. The van der Waals surface area contributed by atoms with Gasteiger partial charge in [-0.1, -0.05) is 54.6 Å². The lowest BCUT2D eigenvalue weighted by molar-refractivity contribution is -0.121. The van der Waals surface area contributed by atoms with Crippen LogP contribution in [0.5, 0.6) is 0 Å². The fourth-order valence-corrected chi connectivity index (χ4v) is 4.84. The number of amidine groups is 1. The Balaban J connectivity index is 1.24. The molecule has 1 saturated carbocycles. The van der Waals surface area contributed by atoms with Crippen LogP contribution in [0.2, 0.25) is 0 Å². The van der Waals surface area contributed by atoms with Crippen molar-refractivity contribution < 1.29 is 23.9 Å². The summed E-state index contributed by atoms with van der Waals surface area (Å²) in [6, 6.07) is 20.7. The molecule has 0 radical (unpaired) electrons. The average Bonchev–Trinajstić information content (AvgIpc) is 3.92. The lowest BCUT2D eigenvalue weighted by Crippen LogP contribution is -2.34. The third-order valence-electron chi connectivity index (χ3n) is 7.70. The number of carbonyl (C=O) groups is 3. The molecule has 260 valence electrons. The number of nitrogen functional groups attached to an aromatic ring is 1. The van der Waals surface area contributed by atoms with E-state index in [0.717, 1.165) is 24.0 Å². The standard InChI is InChI=1S/C36H40N8O6/c1-43(2)14-15-49-35(47)27-16-26(17-28(37)18-27)30-20-40-33(41-29-12-13-29)34(46)44(30)21-31(45)39-19-23-8-10-25(11-9-23)32(38)42-36(48)50-22-24-6-4-3-5-7-24/h3-11,16-18,20,29H,12-15,19,21-22,37H2,1-2H3,(H,39,45)(H,40,41)(H2,38,42,48). The maximum atomic E-state index is 13.6. The van der Waals surface area contributed by atoms with Crippen molar-refractivity contribution in [1.82, 2.24) is 25.1 Å². The minimum atomic E-state index is -0.745. The number of rotatable bonds is 14. The van der Waals surface area contributed by atoms with Crippen LogP contribution in [0.1, 0.15) is 39.9 Å². The number of nitrogens with one attached hydrogen (secondary N) is 4. The van der Waals surface area contributed by atoms with Gasteiger partial charge in [0.25, 0.3) is 5.56 Å². The molecule has 14 nitrogen and oxygen atoms in total. The number of hydrogen-bond donors (Lipinski definition) is 5. The first-order chi connectivity index (χ1) is 24.0. The molecule has 50 heavy (non-hydrogen) atoms. The Labute approximate surface area is 289 Å². The summed E-state index contributed by atoms with van der Waals surface area (Å²) >= 11 is 0. The van der Waals surface area contributed by atoms with Gasteiger partial charge in [-0.05, 0) is 56.3 Å². The number of aromatic nitrogens is 2. The van der Waals surface area contributed by atoms with Gasteiger partial charge in [0.15, 0.2) is 5.82 Å². The van der Waals surface area contributed by atoms with Gasteiger partial charge in [-0.2, -0.15) is 0 Å². The molecule has 0 aliphatic heterocycles. The van der Waals surface area contributed by atoms with Crippen molar-refractivity contribution in [3.05, 3.63) is 112 Å². The zero-order valence-electron chi connectivity index (χ0n) is 27.9. The van der Waals surface area contributed by atoms with Crippen molar-refractivity contribution in [3.8, 4) is 11.3 Å². The van der Waals surface area contributed by atoms with Crippen molar-refractivity contribution in [1.29, 1.82) is 5.41 Å². The Morgan fingerprint density at radius 1 is 0.980 bits per heavy atom. The Hall–Kier alpha value is -6.02. The lowest BCUT2D eigenvalue weighted by Gasteiger charge is -2.16. The van der Waals surface area contributed by atoms with E-state index in [-0.39, 0.29) is 55.2 Å². The van der Waals surface area contributed by atoms with Gasteiger partial charge in [0, 0.05) is 35.9 Å². The maximum Gasteiger partial charge on any atom is 0.413 e. The summed E-state index contributed by atoms with van der Waals surface area (Å²) in [5.41, 5.74) is 8.88. The van der Waals surface area contributed by atoms with E-state index in [9.17, 15) is 19.2 Å². The number of hydrogen-bond acceptors (Lipinski definition) is 11. The Morgan fingerprint density at radius 3 is 2.42 bits per heavy atom. The fourth-order valence-electron chi connectivity index (χ4n) is 4.84. The number of esters is 1. The van der Waals surface area contributed by atoms with Crippen LogP contribution >= 0.6 is 0 Å². The molecule has 4 aromatic rings. The highest BCUT2D eigenvalue weighted by Gasteiger charge is 2.24. The molecule has 0 bridgehead atoms. The molecule has 6 N–H and O–H groups in total. The van der Waals surface area contributed by atoms with Crippen molar-refractivity contribution in [3.63, 3.8) is 0 Å². The van der Waals surface area contributed by atoms with Crippen molar-refractivity contribution >= 4 is 35.3 Å². The first-order valence-corrected chi connectivity index (χ1v) is 16.1. The largest absolute Gasteiger partial charge is 0.461 e. The van der Waals surface area contributed by atoms with E-state index >= 15 is 0 Å². The minimum Gasteiger partial charge on any atom is -0.461 e. The maximum absolute atomic E-state index is 13.6. The second kappa shape index (κ2) is 16.4. The van der Waals surface area contributed by atoms with E-state index in [1.165, 1.54) is 16.8 Å². The highest BCUT2D eigenvalue weighted by molar-refractivity contribution is 6.04. The smallest absolute Gasteiger partial charge is 0.413 e. The second-order valence-corrected chi connectivity index (χ2v) is 12.1. The summed E-state index contributed by atoms with van der Waals surface area (Å²) in [4.78, 5) is 58.0. The van der Waals surface area contributed by atoms with Gasteiger partial charge in [-0.15, -0.1) is 0 Å². The average molecular weight is 681 g/mol. The first-order valence-electron chi connectivity index (χ1n) is 16.1. The van der Waals surface area contributed by atoms with Crippen LogP contribution in [0.4, 0.5) is 16.3 Å². The summed E-state index contributed by atoms with van der Waals surface area (Å²) in [5, 5.41) is 16.6. The van der Waals surface area contributed by atoms with E-state index in [1.807, 2.05) is 49.3 Å². The molecule has 1 aliphatic rings. The number of nitrogens with zero attached hydrogens (tertiary/aromatic N) is 3. The van der Waals surface area contributed by atoms with Crippen molar-refractivity contribution in [2.75, 3.05) is 38.3 Å². The van der Waals surface area contributed by atoms with E-state index < -0.39 is 23.5 Å². The number of ether oxygens (including phenoxy) is 2. The number of alkyl carbamates (subject to hydrolysis) is 1. The third-order valence-corrected chi connectivity index (χ3v) is 7.70. The summed E-state index contributed by atoms with van der Waals surface area (Å²) in [7, 11) is 3.74. The van der Waals surface area contributed by atoms with Crippen molar-refractivity contribution in [2.24, 2.45) is 0 Å². The summed E-state index contributed by atoms with van der Waals surface area (Å²) in [6.45, 7) is 0.631. The molecule has 0 unspecified atom stereocenters. The second-order valence-electron chi connectivity index (χ2n) is 12.1. The van der Waals surface area contributed by atoms with E-state index in [1.54, 1.807) is 36.4 Å². The minimum absolute atomic E-state index is 0.0798. The Morgan fingerprint density at radius 2 is 1.72 bits per heavy atom. The molecule has 14 heteroatoms. The van der Waals surface area contributed by atoms with E-state index in [0.29, 0.717) is 23.4 Å². The monoisotopic (exact) mass is 680 g/mol. The normalized spacial score (nSPS) is 12.2. The molecule has 0 saturated heterocycles. The molecule has 1 fully saturated rings. The van der Waals surface area contributed by atoms with E-state index in [4.69, 9.17) is 20.6 Å². The Kier molecular flexibility index (Phi) is 11.6. The number of benzene rings is 3. The third kappa shape index (κ3) is 10.00. The molecule has 1 aliphatic carbocycles. The topological polar surface area (TPSA) is 194 Å². The molecule has 1 aromatic heterocycles. The van der Waals surface area contributed by atoms with Gasteiger partial charge in [0.05, 0.1) is 17.5 Å². The van der Waals surface area contributed by atoms with Crippen LogP contribution in [0.3, 0.4) is 0 Å². The summed E-state index contributed by atoms with van der Waals surface area (Å²) < 4.78 is 11.9. The van der Waals surface area contributed by atoms with Gasteiger partial charge in [0.2, 0.25) is 5.91 Å². The zero-order chi connectivity index (χ0) is 35.6. The molecule has 0 atom stereocenters. The Bertz CT molecular complexity index is 1910. The number of amides is 2.